The predicted octanol–water partition coefficient (Wildman–Crippen LogP) is 6.79. The Bertz CT molecular complexity index is 351. The van der Waals surface area contributed by atoms with Crippen molar-refractivity contribution in [3.63, 3.8) is 0 Å². The lowest BCUT2D eigenvalue weighted by Crippen LogP contribution is -1.87. The van der Waals surface area contributed by atoms with Gasteiger partial charge in [-0.2, -0.15) is 0 Å². The molecular formula is C20H32. The molecule has 1 aromatic carbocycles. The Morgan fingerprint density at radius 2 is 1.45 bits per heavy atom. The van der Waals surface area contributed by atoms with Gasteiger partial charge in [-0.1, -0.05) is 102 Å². The van der Waals surface area contributed by atoms with E-state index >= 15 is 0 Å². The highest BCUT2D eigenvalue weighted by atomic mass is 14.0. The maximum Gasteiger partial charge on any atom is -0.0260 e. The third-order valence-electron chi connectivity index (χ3n) is 4.01. The lowest BCUT2D eigenvalue weighted by Gasteiger charge is -2.04. The second-order valence-electron chi connectivity index (χ2n) is 5.88. The van der Waals surface area contributed by atoms with E-state index in [0.29, 0.717) is 0 Å². The van der Waals surface area contributed by atoms with Crippen LogP contribution >= 0.6 is 0 Å². The van der Waals surface area contributed by atoms with Crippen LogP contribution in [0.25, 0.3) is 6.08 Å². The summed E-state index contributed by atoms with van der Waals surface area (Å²) in [6.45, 7) is 6.11. The minimum Gasteiger partial charge on any atom is -0.0985 e. The minimum atomic E-state index is 1.22. The number of aryl methyl sites for hydroxylation is 1. The zero-order chi connectivity index (χ0) is 14.5. The molecule has 20 heavy (non-hydrogen) atoms. The summed E-state index contributed by atoms with van der Waals surface area (Å²) in [5.41, 5.74) is 2.71. The molecule has 0 aliphatic rings. The second-order valence-corrected chi connectivity index (χ2v) is 5.88. The number of unbranched alkanes of at least 4 members (excludes halogenated alkanes) is 9. The van der Waals surface area contributed by atoms with Crippen molar-refractivity contribution < 1.29 is 0 Å². The van der Waals surface area contributed by atoms with Gasteiger partial charge in [0.25, 0.3) is 0 Å². The maximum atomic E-state index is 3.83. The van der Waals surface area contributed by atoms with Gasteiger partial charge < -0.3 is 0 Å². The van der Waals surface area contributed by atoms with Gasteiger partial charge in [-0.3, -0.25) is 0 Å². The molecule has 0 saturated heterocycles. The molecule has 1 rings (SSSR count). The van der Waals surface area contributed by atoms with Crippen molar-refractivity contribution in [2.24, 2.45) is 0 Å². The molecule has 0 atom stereocenters. The average Bonchev–Trinajstić information content (AvgIpc) is 2.49. The van der Waals surface area contributed by atoms with Gasteiger partial charge in [-0.25, -0.2) is 0 Å². The molecular weight excluding hydrogens is 240 g/mol. The Balaban J connectivity index is 1.95. The van der Waals surface area contributed by atoms with E-state index in [-0.39, 0.29) is 0 Å². The normalized spacial score (nSPS) is 10.7. The summed E-state index contributed by atoms with van der Waals surface area (Å²) < 4.78 is 0. The van der Waals surface area contributed by atoms with Gasteiger partial charge in [0.05, 0.1) is 0 Å². The van der Waals surface area contributed by atoms with Crippen molar-refractivity contribution in [3.8, 4) is 0 Å². The minimum absolute atomic E-state index is 1.22. The van der Waals surface area contributed by atoms with Crippen LogP contribution in [0.4, 0.5) is 0 Å². The van der Waals surface area contributed by atoms with Gasteiger partial charge in [0.2, 0.25) is 0 Å². The van der Waals surface area contributed by atoms with Crippen LogP contribution in [-0.2, 0) is 6.42 Å². The van der Waals surface area contributed by atoms with Crippen LogP contribution in [0.5, 0.6) is 0 Å². The third-order valence-corrected chi connectivity index (χ3v) is 4.01. The maximum absolute atomic E-state index is 3.83. The van der Waals surface area contributed by atoms with Gasteiger partial charge in [0.15, 0.2) is 0 Å². The fourth-order valence-corrected chi connectivity index (χ4v) is 2.69. The molecule has 1 aromatic rings. The number of rotatable bonds is 12. The topological polar surface area (TPSA) is 0 Å². The largest absolute Gasteiger partial charge is 0.0985 e. The SMILES string of the molecule is C=Cc1cccc(CCCCCCCCCCCC)c1. The lowest BCUT2D eigenvalue weighted by atomic mass is 10.0. The predicted molar refractivity (Wildman–Crippen MR) is 92.1 cm³/mol. The highest BCUT2D eigenvalue weighted by Gasteiger charge is 1.96. The second kappa shape index (κ2) is 11.8. The molecule has 0 saturated carbocycles. The van der Waals surface area contributed by atoms with Gasteiger partial charge in [-0.15, -0.1) is 0 Å². The van der Waals surface area contributed by atoms with E-state index in [1.807, 2.05) is 6.08 Å². The van der Waals surface area contributed by atoms with Gasteiger partial charge >= 0.3 is 0 Å². The van der Waals surface area contributed by atoms with Gasteiger partial charge in [0.1, 0.15) is 0 Å². The third kappa shape index (κ3) is 8.19. The van der Waals surface area contributed by atoms with E-state index < -0.39 is 0 Å². The first-order valence-electron chi connectivity index (χ1n) is 8.58. The summed E-state index contributed by atoms with van der Waals surface area (Å²) >= 11 is 0. The van der Waals surface area contributed by atoms with Crippen molar-refractivity contribution in [2.45, 2.75) is 77.6 Å². The fraction of sp³-hybridized carbons (Fsp3) is 0.600. The smallest absolute Gasteiger partial charge is 0.0260 e. The summed E-state index contributed by atoms with van der Waals surface area (Å²) in [5.74, 6) is 0. The quantitative estimate of drug-likeness (QED) is 0.367. The van der Waals surface area contributed by atoms with Crippen LogP contribution in [0.3, 0.4) is 0 Å². The Morgan fingerprint density at radius 3 is 2.05 bits per heavy atom. The highest BCUT2D eigenvalue weighted by Crippen LogP contribution is 2.13. The van der Waals surface area contributed by atoms with Crippen molar-refractivity contribution in [1.82, 2.24) is 0 Å². The number of hydrogen-bond acceptors (Lipinski definition) is 0. The summed E-state index contributed by atoms with van der Waals surface area (Å²) in [7, 11) is 0. The molecule has 0 heterocycles. The van der Waals surface area contributed by atoms with Crippen molar-refractivity contribution in [2.75, 3.05) is 0 Å². The van der Waals surface area contributed by atoms with Crippen molar-refractivity contribution >= 4 is 6.08 Å². The summed E-state index contributed by atoms with van der Waals surface area (Å²) in [6.07, 6.45) is 17.3. The van der Waals surface area contributed by atoms with E-state index in [0.717, 1.165) is 0 Å². The Hall–Kier alpha value is -1.04. The zero-order valence-electron chi connectivity index (χ0n) is 13.4. The van der Waals surface area contributed by atoms with E-state index in [4.69, 9.17) is 0 Å². The van der Waals surface area contributed by atoms with Crippen molar-refractivity contribution in [3.05, 3.63) is 42.0 Å². The molecule has 0 bridgehead atoms. The van der Waals surface area contributed by atoms with E-state index in [1.54, 1.807) is 0 Å². The Kier molecular flexibility index (Phi) is 10.0. The molecule has 0 fully saturated rings. The first kappa shape index (κ1) is 17.0. The number of benzene rings is 1. The molecule has 0 unspecified atom stereocenters. The average molecular weight is 272 g/mol. The van der Waals surface area contributed by atoms with Crippen LogP contribution < -0.4 is 0 Å². The molecule has 112 valence electrons. The summed E-state index contributed by atoms with van der Waals surface area (Å²) in [4.78, 5) is 0. The van der Waals surface area contributed by atoms with E-state index in [1.165, 1.54) is 81.8 Å². The van der Waals surface area contributed by atoms with Crippen LogP contribution in [0.15, 0.2) is 30.8 Å². The van der Waals surface area contributed by atoms with Crippen LogP contribution in [0.2, 0.25) is 0 Å². The van der Waals surface area contributed by atoms with Crippen LogP contribution in [0.1, 0.15) is 82.3 Å². The van der Waals surface area contributed by atoms with Crippen LogP contribution in [-0.4, -0.2) is 0 Å². The molecule has 0 aliphatic heterocycles. The molecule has 0 amide bonds. The molecule has 0 spiro atoms. The van der Waals surface area contributed by atoms with E-state index in [9.17, 15) is 0 Å². The molecule has 0 nitrogen and oxygen atoms in total. The van der Waals surface area contributed by atoms with Gasteiger partial charge in [0, 0.05) is 0 Å². The summed E-state index contributed by atoms with van der Waals surface area (Å²) in [6, 6.07) is 8.76. The molecule has 0 aliphatic carbocycles. The summed E-state index contributed by atoms with van der Waals surface area (Å²) in [5, 5.41) is 0. The lowest BCUT2D eigenvalue weighted by molar-refractivity contribution is 0.556. The number of hydrogen-bond donors (Lipinski definition) is 0. The van der Waals surface area contributed by atoms with Crippen molar-refractivity contribution in [1.29, 1.82) is 0 Å². The zero-order valence-corrected chi connectivity index (χ0v) is 13.4. The molecule has 0 heteroatoms. The van der Waals surface area contributed by atoms with Crippen LogP contribution in [0, 0.1) is 0 Å². The van der Waals surface area contributed by atoms with E-state index in [2.05, 4.69) is 37.8 Å². The first-order valence-corrected chi connectivity index (χ1v) is 8.58. The monoisotopic (exact) mass is 272 g/mol. The Labute approximate surface area is 126 Å². The molecule has 0 radical (unpaired) electrons. The fourth-order valence-electron chi connectivity index (χ4n) is 2.69. The first-order chi connectivity index (χ1) is 9.86. The Morgan fingerprint density at radius 1 is 0.850 bits per heavy atom. The molecule has 0 aromatic heterocycles. The highest BCUT2D eigenvalue weighted by molar-refractivity contribution is 5.47. The standard InChI is InChI=1S/C20H32/c1-3-5-6-7-8-9-10-11-12-13-15-20-17-14-16-19(4-2)18-20/h4,14,16-18H,2-3,5-13,15H2,1H3. The molecule has 0 N–H and O–H groups in total. The van der Waals surface area contributed by atoms with Gasteiger partial charge in [-0.05, 0) is 24.0 Å².